The van der Waals surface area contributed by atoms with E-state index in [2.05, 4.69) is 13.8 Å². The fraction of sp³-hybridized carbons (Fsp3) is 0.630. The van der Waals surface area contributed by atoms with Crippen LogP contribution < -0.4 is 4.74 Å². The zero-order valence-electron chi connectivity index (χ0n) is 19.8. The third-order valence-corrected chi connectivity index (χ3v) is 6.48. The van der Waals surface area contributed by atoms with Crippen LogP contribution in [0.4, 0.5) is 8.78 Å². The summed E-state index contributed by atoms with van der Waals surface area (Å²) in [6.45, 7) is 8.07. The van der Waals surface area contributed by atoms with E-state index in [0.717, 1.165) is 37.2 Å². The van der Waals surface area contributed by atoms with Gasteiger partial charge in [-0.05, 0) is 61.8 Å². The maximum Gasteiger partial charge on any atom is 0.201 e. The fourth-order valence-electron chi connectivity index (χ4n) is 4.35. The largest absolute Gasteiger partial charge is 0.495 e. The first kappa shape index (κ1) is 24.8. The van der Waals surface area contributed by atoms with Gasteiger partial charge in [-0.15, -0.1) is 0 Å². The van der Waals surface area contributed by atoms with E-state index in [0.29, 0.717) is 31.1 Å². The van der Waals surface area contributed by atoms with Crippen molar-refractivity contribution < 1.29 is 23.0 Å². The Labute approximate surface area is 191 Å². The number of hydrogen-bond acceptors (Lipinski definition) is 3. The van der Waals surface area contributed by atoms with Gasteiger partial charge in [0.05, 0.1) is 18.5 Å². The van der Waals surface area contributed by atoms with Gasteiger partial charge in [0.1, 0.15) is 6.61 Å². The van der Waals surface area contributed by atoms with Gasteiger partial charge in [0.2, 0.25) is 5.82 Å². The van der Waals surface area contributed by atoms with Gasteiger partial charge in [-0.25, -0.2) is 4.39 Å². The van der Waals surface area contributed by atoms with E-state index >= 15 is 0 Å². The van der Waals surface area contributed by atoms with Gasteiger partial charge in [-0.1, -0.05) is 46.1 Å². The van der Waals surface area contributed by atoms with E-state index in [1.807, 2.05) is 19.1 Å². The molecule has 0 N–H and O–H groups in total. The molecule has 0 spiro atoms. The summed E-state index contributed by atoms with van der Waals surface area (Å²) in [6.07, 6.45) is 12.2. The van der Waals surface area contributed by atoms with Gasteiger partial charge in [0.15, 0.2) is 11.6 Å². The van der Waals surface area contributed by atoms with Crippen molar-refractivity contribution in [2.75, 3.05) is 19.8 Å². The van der Waals surface area contributed by atoms with Crippen molar-refractivity contribution in [3.05, 3.63) is 47.2 Å². The monoisotopic (exact) mass is 448 g/mol. The van der Waals surface area contributed by atoms with Crippen LogP contribution in [0.2, 0.25) is 0 Å². The molecule has 0 bridgehead atoms. The molecule has 2 aliphatic rings. The molecular weight excluding hydrogens is 410 g/mol. The lowest BCUT2D eigenvalue weighted by atomic mass is 9.89. The number of benzene rings is 1. The van der Waals surface area contributed by atoms with E-state index in [1.165, 1.54) is 31.7 Å². The second-order valence-corrected chi connectivity index (χ2v) is 9.16. The van der Waals surface area contributed by atoms with Crippen molar-refractivity contribution in [2.24, 2.45) is 11.8 Å². The van der Waals surface area contributed by atoms with E-state index in [-0.39, 0.29) is 17.8 Å². The first-order chi connectivity index (χ1) is 15.5. The highest BCUT2D eigenvalue weighted by molar-refractivity contribution is 5.70. The summed E-state index contributed by atoms with van der Waals surface area (Å²) in [5.41, 5.74) is 1.07. The predicted molar refractivity (Wildman–Crippen MR) is 125 cm³/mol. The molecule has 1 aliphatic heterocycles. The van der Waals surface area contributed by atoms with Crippen LogP contribution in [0.3, 0.4) is 0 Å². The summed E-state index contributed by atoms with van der Waals surface area (Å²) in [6, 6.07) is 3.14. The van der Waals surface area contributed by atoms with Crippen LogP contribution in [0.1, 0.15) is 77.7 Å². The normalized spacial score (nSPS) is 23.5. The molecule has 0 amide bonds. The quantitative estimate of drug-likeness (QED) is 0.329. The molecule has 3 atom stereocenters. The number of allylic oxidation sites excluding steroid dienone is 4. The molecule has 3 nitrogen and oxygen atoms in total. The SMILES string of the molecule is CCCCOc1ccc(C2=CC=C(OCC3CCC(CCCC)CO3)C(C)C2)c(F)c1F. The zero-order valence-corrected chi connectivity index (χ0v) is 19.8. The molecule has 1 aromatic rings. The Balaban J connectivity index is 1.56. The minimum absolute atomic E-state index is 0.0202. The van der Waals surface area contributed by atoms with Gasteiger partial charge < -0.3 is 14.2 Å². The Kier molecular flexibility index (Phi) is 9.58. The molecule has 1 heterocycles. The average molecular weight is 449 g/mol. The number of ether oxygens (including phenoxy) is 3. The average Bonchev–Trinajstić information content (AvgIpc) is 2.80. The third-order valence-electron chi connectivity index (χ3n) is 6.48. The lowest BCUT2D eigenvalue weighted by Crippen LogP contribution is -2.30. The molecule has 0 radical (unpaired) electrons. The molecule has 1 aromatic carbocycles. The summed E-state index contributed by atoms with van der Waals surface area (Å²) in [7, 11) is 0. The number of halogens is 2. The molecule has 1 saturated heterocycles. The maximum atomic E-state index is 14.7. The van der Waals surface area contributed by atoms with Gasteiger partial charge in [0, 0.05) is 18.1 Å². The van der Waals surface area contributed by atoms with Crippen molar-refractivity contribution in [3.63, 3.8) is 0 Å². The summed E-state index contributed by atoms with van der Waals surface area (Å²) in [4.78, 5) is 0. The first-order valence-electron chi connectivity index (χ1n) is 12.3. The van der Waals surface area contributed by atoms with Gasteiger partial charge in [0.25, 0.3) is 0 Å². The lowest BCUT2D eigenvalue weighted by Gasteiger charge is -2.30. The zero-order chi connectivity index (χ0) is 22.9. The molecule has 0 saturated carbocycles. The molecule has 3 unspecified atom stereocenters. The Hall–Kier alpha value is -1.88. The van der Waals surface area contributed by atoms with Crippen molar-refractivity contribution in [3.8, 4) is 5.75 Å². The minimum Gasteiger partial charge on any atom is -0.495 e. The molecule has 5 heteroatoms. The molecule has 3 rings (SSSR count). The van der Waals surface area contributed by atoms with E-state index in [1.54, 1.807) is 6.07 Å². The van der Waals surface area contributed by atoms with Crippen LogP contribution in [-0.4, -0.2) is 25.9 Å². The van der Waals surface area contributed by atoms with Crippen LogP contribution in [0.15, 0.2) is 30.0 Å². The summed E-state index contributed by atoms with van der Waals surface area (Å²) in [5, 5.41) is 0. The van der Waals surface area contributed by atoms with E-state index in [9.17, 15) is 8.78 Å². The van der Waals surface area contributed by atoms with Crippen molar-refractivity contribution >= 4 is 5.57 Å². The second-order valence-electron chi connectivity index (χ2n) is 9.16. The Bertz CT molecular complexity index is 794. The molecule has 1 aliphatic carbocycles. The van der Waals surface area contributed by atoms with Crippen LogP contribution in [0.5, 0.6) is 5.75 Å². The van der Waals surface area contributed by atoms with Crippen LogP contribution in [0, 0.1) is 23.5 Å². The fourth-order valence-corrected chi connectivity index (χ4v) is 4.35. The summed E-state index contributed by atoms with van der Waals surface area (Å²) in [5.74, 6) is -0.116. The van der Waals surface area contributed by atoms with E-state index in [4.69, 9.17) is 14.2 Å². The predicted octanol–water partition coefficient (Wildman–Crippen LogP) is 7.45. The molecule has 0 aromatic heterocycles. The topological polar surface area (TPSA) is 27.7 Å². The minimum atomic E-state index is -0.912. The second kappa shape index (κ2) is 12.4. The maximum absolute atomic E-state index is 14.7. The highest BCUT2D eigenvalue weighted by Crippen LogP contribution is 2.35. The Morgan fingerprint density at radius 3 is 2.50 bits per heavy atom. The smallest absolute Gasteiger partial charge is 0.201 e. The van der Waals surface area contributed by atoms with Crippen molar-refractivity contribution in [1.82, 2.24) is 0 Å². The summed E-state index contributed by atoms with van der Waals surface area (Å²) < 4.78 is 46.6. The first-order valence-corrected chi connectivity index (χ1v) is 12.3. The number of hydrogen-bond donors (Lipinski definition) is 0. The molecule has 32 heavy (non-hydrogen) atoms. The Morgan fingerprint density at radius 1 is 1.00 bits per heavy atom. The molecular formula is C27H38F2O3. The standard InChI is InChI=1S/C27H38F2O3/c1-4-6-8-20-9-11-22(31-17-20)18-32-24-13-10-21(16-19(24)3)23-12-14-25(27(29)26(23)28)30-15-7-5-2/h10,12-14,19-20,22H,4-9,11,15-18H2,1-3H3. The summed E-state index contributed by atoms with van der Waals surface area (Å²) >= 11 is 0. The highest BCUT2D eigenvalue weighted by atomic mass is 19.2. The Morgan fingerprint density at radius 2 is 1.81 bits per heavy atom. The van der Waals surface area contributed by atoms with Gasteiger partial charge in [-0.2, -0.15) is 4.39 Å². The van der Waals surface area contributed by atoms with E-state index < -0.39 is 11.6 Å². The van der Waals surface area contributed by atoms with Crippen molar-refractivity contribution in [2.45, 2.75) is 78.2 Å². The number of rotatable bonds is 11. The van der Waals surface area contributed by atoms with Crippen LogP contribution in [-0.2, 0) is 9.47 Å². The molecule has 1 fully saturated rings. The van der Waals surface area contributed by atoms with Gasteiger partial charge in [-0.3, -0.25) is 0 Å². The van der Waals surface area contributed by atoms with Crippen molar-refractivity contribution in [1.29, 1.82) is 0 Å². The molecule has 178 valence electrons. The van der Waals surface area contributed by atoms with Crippen LogP contribution in [0.25, 0.3) is 5.57 Å². The number of unbranched alkanes of at least 4 members (excludes halogenated alkanes) is 2. The van der Waals surface area contributed by atoms with Crippen LogP contribution >= 0.6 is 0 Å². The highest BCUT2D eigenvalue weighted by Gasteiger charge is 2.25. The van der Waals surface area contributed by atoms with Gasteiger partial charge >= 0.3 is 0 Å². The lowest BCUT2D eigenvalue weighted by molar-refractivity contribution is -0.0533. The third kappa shape index (κ3) is 6.57.